The minimum atomic E-state index is 0.273. The van der Waals surface area contributed by atoms with Gasteiger partial charge in [0.1, 0.15) is 0 Å². The molecule has 1 unspecified atom stereocenters. The third kappa shape index (κ3) is 5.34. The molecular weight excluding hydrogens is 262 g/mol. The smallest absolute Gasteiger partial charge is 0.230 e. The van der Waals surface area contributed by atoms with Crippen LogP contribution in [0.3, 0.4) is 0 Å². The molecule has 1 heterocycles. The highest BCUT2D eigenvalue weighted by Gasteiger charge is 2.12. The first-order valence-electron chi connectivity index (χ1n) is 6.61. The summed E-state index contributed by atoms with van der Waals surface area (Å²) in [5.74, 6) is 1.10. The van der Waals surface area contributed by atoms with E-state index in [4.69, 9.17) is 9.84 Å². The van der Waals surface area contributed by atoms with Gasteiger partial charge in [0, 0.05) is 27.2 Å². The molecule has 0 radical (unpaired) electrons. The maximum absolute atomic E-state index is 8.94. The maximum atomic E-state index is 8.94. The first-order valence-corrected chi connectivity index (χ1v) is 7.42. The topological polar surface area (TPSA) is 57.6 Å². The van der Waals surface area contributed by atoms with Gasteiger partial charge in [-0.15, -0.1) is 0 Å². The molecule has 1 rings (SSSR count). The van der Waals surface area contributed by atoms with E-state index < -0.39 is 0 Å². The van der Waals surface area contributed by atoms with Crippen LogP contribution < -0.4 is 15.0 Å². The molecule has 110 valence electrons. The van der Waals surface area contributed by atoms with Crippen molar-refractivity contribution in [1.82, 2.24) is 10.3 Å². The summed E-state index contributed by atoms with van der Waals surface area (Å²) in [4.78, 5) is 7.53. The summed E-state index contributed by atoms with van der Waals surface area (Å²) < 4.78 is 5.29. The highest BCUT2D eigenvalue weighted by molar-refractivity contribution is 7.15. The average Bonchev–Trinajstić information content (AvgIpc) is 2.81. The third-order valence-corrected chi connectivity index (χ3v) is 4.08. The highest BCUT2D eigenvalue weighted by Crippen LogP contribution is 2.30. The second-order valence-corrected chi connectivity index (χ2v) is 5.99. The Balaban J connectivity index is 2.36. The fourth-order valence-corrected chi connectivity index (χ4v) is 2.58. The summed E-state index contributed by atoms with van der Waals surface area (Å²) >= 11 is 1.65. The van der Waals surface area contributed by atoms with Crippen LogP contribution in [0.2, 0.25) is 0 Å². The van der Waals surface area contributed by atoms with Gasteiger partial charge in [0.05, 0.1) is 12.0 Å². The Morgan fingerprint density at radius 2 is 2.21 bits per heavy atom. The van der Waals surface area contributed by atoms with Crippen LogP contribution in [0, 0.1) is 5.92 Å². The summed E-state index contributed by atoms with van der Waals surface area (Å²) in [7, 11) is 5.61. The van der Waals surface area contributed by atoms with E-state index >= 15 is 0 Å². The second-order valence-electron chi connectivity index (χ2n) is 4.93. The van der Waals surface area contributed by atoms with E-state index in [-0.39, 0.29) is 6.61 Å². The largest absolute Gasteiger partial charge is 0.480 e. The Kier molecular flexibility index (Phi) is 7.12. The normalized spacial score (nSPS) is 12.5. The van der Waals surface area contributed by atoms with Crippen LogP contribution >= 0.6 is 11.3 Å². The van der Waals surface area contributed by atoms with Crippen molar-refractivity contribution in [3.63, 3.8) is 0 Å². The fourth-order valence-electron chi connectivity index (χ4n) is 1.66. The van der Waals surface area contributed by atoms with E-state index in [2.05, 4.69) is 17.2 Å². The first kappa shape index (κ1) is 16.2. The molecule has 2 N–H and O–H groups in total. The second kappa shape index (κ2) is 8.35. The molecule has 0 saturated heterocycles. The molecule has 0 spiro atoms. The number of aliphatic hydroxyl groups excluding tert-OH is 1. The lowest BCUT2D eigenvalue weighted by molar-refractivity contribution is 0.228. The molecule has 1 aromatic rings. The van der Waals surface area contributed by atoms with Crippen molar-refractivity contribution in [2.24, 2.45) is 5.92 Å². The van der Waals surface area contributed by atoms with Gasteiger partial charge in [-0.25, -0.2) is 0 Å². The molecule has 19 heavy (non-hydrogen) atoms. The van der Waals surface area contributed by atoms with Crippen molar-refractivity contribution in [1.29, 1.82) is 0 Å². The molecule has 1 atom stereocenters. The number of nitrogens with one attached hydrogen (secondary N) is 1. The van der Waals surface area contributed by atoms with Gasteiger partial charge in [-0.3, -0.25) is 0 Å². The zero-order chi connectivity index (χ0) is 14.3. The van der Waals surface area contributed by atoms with Crippen molar-refractivity contribution in [3.05, 3.63) is 4.88 Å². The van der Waals surface area contributed by atoms with Gasteiger partial charge in [-0.1, -0.05) is 18.3 Å². The van der Waals surface area contributed by atoms with Crippen LogP contribution in [0.5, 0.6) is 5.88 Å². The molecule has 0 amide bonds. The van der Waals surface area contributed by atoms with E-state index in [9.17, 15) is 0 Å². The van der Waals surface area contributed by atoms with Gasteiger partial charge < -0.3 is 20.1 Å². The Labute approximate surface area is 119 Å². The monoisotopic (exact) mass is 287 g/mol. The van der Waals surface area contributed by atoms with E-state index in [1.807, 2.05) is 19.0 Å². The average molecular weight is 287 g/mol. The van der Waals surface area contributed by atoms with Gasteiger partial charge in [-0.2, -0.15) is 4.98 Å². The Morgan fingerprint density at radius 3 is 2.79 bits per heavy atom. The summed E-state index contributed by atoms with van der Waals surface area (Å²) in [6, 6.07) is 0. The van der Waals surface area contributed by atoms with Crippen LogP contribution in [-0.4, -0.2) is 44.4 Å². The standard InChI is InChI=1S/C13H25N3O2S/c1-10(9-17)6-5-7-14-8-11-12(18-4)15-13(19-11)16(2)3/h10,14,17H,5-9H2,1-4H3. The number of anilines is 1. The molecule has 0 aromatic carbocycles. The molecule has 0 bridgehead atoms. The minimum absolute atomic E-state index is 0.273. The Bertz CT molecular complexity index is 369. The zero-order valence-electron chi connectivity index (χ0n) is 12.3. The third-order valence-electron chi connectivity index (χ3n) is 2.87. The Morgan fingerprint density at radius 1 is 1.47 bits per heavy atom. The number of methoxy groups -OCH3 is 1. The molecule has 6 heteroatoms. The van der Waals surface area contributed by atoms with Gasteiger partial charge >= 0.3 is 0 Å². The lowest BCUT2D eigenvalue weighted by Crippen LogP contribution is -2.15. The predicted molar refractivity (Wildman–Crippen MR) is 80.2 cm³/mol. The predicted octanol–water partition coefficient (Wildman–Crippen LogP) is 1.72. The lowest BCUT2D eigenvalue weighted by atomic mass is 10.1. The van der Waals surface area contributed by atoms with Crippen LogP contribution in [0.15, 0.2) is 0 Å². The van der Waals surface area contributed by atoms with Crippen molar-refractivity contribution in [2.45, 2.75) is 26.3 Å². The quantitative estimate of drug-likeness (QED) is 0.677. The van der Waals surface area contributed by atoms with Gasteiger partial charge in [0.15, 0.2) is 5.13 Å². The number of hydrogen-bond acceptors (Lipinski definition) is 6. The zero-order valence-corrected chi connectivity index (χ0v) is 13.1. The van der Waals surface area contributed by atoms with Crippen LogP contribution in [-0.2, 0) is 6.54 Å². The number of rotatable bonds is 9. The van der Waals surface area contributed by atoms with Crippen molar-refractivity contribution >= 4 is 16.5 Å². The molecule has 0 fully saturated rings. The van der Waals surface area contributed by atoms with Crippen molar-refractivity contribution in [2.75, 3.05) is 39.3 Å². The van der Waals surface area contributed by atoms with Gasteiger partial charge in [0.2, 0.25) is 5.88 Å². The summed E-state index contributed by atoms with van der Waals surface area (Å²) in [5, 5.41) is 13.3. The van der Waals surface area contributed by atoms with E-state index in [0.29, 0.717) is 11.8 Å². The Hall–Kier alpha value is -0.850. The highest BCUT2D eigenvalue weighted by atomic mass is 32.1. The molecule has 5 nitrogen and oxygen atoms in total. The SMILES string of the molecule is COc1nc(N(C)C)sc1CNCCCC(C)CO. The van der Waals surface area contributed by atoms with Crippen molar-refractivity contribution in [3.8, 4) is 5.88 Å². The maximum Gasteiger partial charge on any atom is 0.230 e. The van der Waals surface area contributed by atoms with Crippen LogP contribution in [0.25, 0.3) is 0 Å². The molecule has 0 aliphatic rings. The first-order chi connectivity index (χ1) is 9.08. The minimum Gasteiger partial charge on any atom is -0.480 e. The molecule has 0 aliphatic carbocycles. The number of nitrogens with zero attached hydrogens (tertiary/aromatic N) is 2. The summed E-state index contributed by atoms with van der Waals surface area (Å²) in [5.41, 5.74) is 0. The number of aromatic nitrogens is 1. The molecule has 0 aliphatic heterocycles. The number of aliphatic hydroxyl groups is 1. The van der Waals surface area contributed by atoms with Gasteiger partial charge in [-0.05, 0) is 25.3 Å². The van der Waals surface area contributed by atoms with E-state index in [1.165, 1.54) is 0 Å². The van der Waals surface area contributed by atoms with E-state index in [0.717, 1.165) is 35.9 Å². The fraction of sp³-hybridized carbons (Fsp3) is 0.769. The molecule has 1 aromatic heterocycles. The molecule has 0 saturated carbocycles. The van der Waals surface area contributed by atoms with Gasteiger partial charge in [0.25, 0.3) is 0 Å². The summed E-state index contributed by atoms with van der Waals surface area (Å²) in [6.45, 7) is 4.06. The van der Waals surface area contributed by atoms with Crippen LogP contribution in [0.1, 0.15) is 24.6 Å². The lowest BCUT2D eigenvalue weighted by Gasteiger charge is -2.08. The van der Waals surface area contributed by atoms with Crippen LogP contribution in [0.4, 0.5) is 5.13 Å². The number of thiazole rings is 1. The number of hydrogen-bond donors (Lipinski definition) is 2. The van der Waals surface area contributed by atoms with E-state index in [1.54, 1.807) is 18.4 Å². The molecular formula is C13H25N3O2S. The number of ether oxygens (including phenoxy) is 1. The summed E-state index contributed by atoms with van der Waals surface area (Å²) in [6.07, 6.45) is 2.12. The van der Waals surface area contributed by atoms with Crippen molar-refractivity contribution < 1.29 is 9.84 Å².